The van der Waals surface area contributed by atoms with Gasteiger partial charge in [-0.05, 0) is 6.07 Å². The normalized spacial score (nSPS) is 9.93. The first-order valence-electron chi connectivity index (χ1n) is 3.60. The fraction of sp³-hybridized carbons (Fsp3) is 0.250. The summed E-state index contributed by atoms with van der Waals surface area (Å²) in [5, 5.41) is 8.26. The Hall–Kier alpha value is -1.77. The van der Waals surface area contributed by atoms with Crippen molar-refractivity contribution in [2.45, 2.75) is 13.0 Å². The summed E-state index contributed by atoms with van der Waals surface area (Å²) in [4.78, 5) is 3.11. The van der Waals surface area contributed by atoms with E-state index in [2.05, 4.69) is 9.72 Å². The molecule has 0 saturated heterocycles. The molecular formula is C8H5F3N2O. The van der Waals surface area contributed by atoms with E-state index in [0.717, 1.165) is 6.07 Å². The van der Waals surface area contributed by atoms with E-state index in [1.807, 2.05) is 0 Å². The quantitative estimate of drug-likeness (QED) is 0.703. The second-order valence-electron chi connectivity index (χ2n) is 2.31. The van der Waals surface area contributed by atoms with Crippen molar-refractivity contribution in [1.29, 1.82) is 5.26 Å². The predicted octanol–water partition coefficient (Wildman–Crippen LogP) is 1.89. The molecule has 1 aromatic heterocycles. The Morgan fingerprint density at radius 2 is 2.21 bits per heavy atom. The third kappa shape index (κ3) is 2.62. The first-order valence-corrected chi connectivity index (χ1v) is 3.60. The van der Waals surface area contributed by atoms with Gasteiger partial charge in [0.2, 0.25) is 11.8 Å². The van der Waals surface area contributed by atoms with Crippen molar-refractivity contribution in [2.24, 2.45) is 0 Å². The van der Waals surface area contributed by atoms with Crippen molar-refractivity contribution in [3.05, 3.63) is 23.6 Å². The molecule has 0 spiro atoms. The summed E-state index contributed by atoms with van der Waals surface area (Å²) in [7, 11) is 0. The molecule has 14 heavy (non-hydrogen) atoms. The van der Waals surface area contributed by atoms with Crippen molar-refractivity contribution < 1.29 is 17.9 Å². The Bertz CT molecular complexity index is 362. The summed E-state index contributed by atoms with van der Waals surface area (Å²) in [5.74, 6) is -1.47. The minimum Gasteiger partial charge on any atom is -0.417 e. The fourth-order valence-corrected chi connectivity index (χ4v) is 0.820. The molecule has 1 heterocycles. The van der Waals surface area contributed by atoms with Crippen LogP contribution < -0.4 is 4.74 Å². The number of pyridine rings is 1. The lowest BCUT2D eigenvalue weighted by Gasteiger charge is -2.03. The third-order valence-electron chi connectivity index (χ3n) is 1.38. The van der Waals surface area contributed by atoms with Crippen LogP contribution in [0.25, 0.3) is 0 Å². The summed E-state index contributed by atoms with van der Waals surface area (Å²) >= 11 is 0. The van der Waals surface area contributed by atoms with E-state index in [4.69, 9.17) is 5.26 Å². The lowest BCUT2D eigenvalue weighted by Crippen LogP contribution is -2.05. The molecule has 0 amide bonds. The van der Waals surface area contributed by atoms with E-state index < -0.39 is 18.4 Å². The molecule has 6 heteroatoms. The molecule has 0 fully saturated rings. The molecule has 0 aliphatic rings. The van der Waals surface area contributed by atoms with E-state index in [-0.39, 0.29) is 12.0 Å². The average molecular weight is 202 g/mol. The molecule has 0 radical (unpaired) electrons. The van der Waals surface area contributed by atoms with Crippen molar-refractivity contribution >= 4 is 0 Å². The number of ether oxygens (including phenoxy) is 1. The Labute approximate surface area is 77.7 Å². The van der Waals surface area contributed by atoms with Crippen LogP contribution in [-0.2, 0) is 6.42 Å². The number of hydrogen-bond donors (Lipinski definition) is 0. The Kier molecular flexibility index (Phi) is 3.29. The van der Waals surface area contributed by atoms with Gasteiger partial charge in [0.25, 0.3) is 0 Å². The fourth-order valence-electron chi connectivity index (χ4n) is 0.820. The molecular weight excluding hydrogens is 197 g/mol. The monoisotopic (exact) mass is 202 g/mol. The minimum atomic E-state index is -3.04. The van der Waals surface area contributed by atoms with Crippen molar-refractivity contribution in [2.75, 3.05) is 0 Å². The number of rotatable bonds is 3. The van der Waals surface area contributed by atoms with E-state index in [1.54, 1.807) is 6.07 Å². The number of halogens is 3. The molecule has 1 rings (SSSR count). The molecule has 0 bridgehead atoms. The molecule has 0 aromatic carbocycles. The van der Waals surface area contributed by atoms with Gasteiger partial charge in [0.1, 0.15) is 0 Å². The first kappa shape index (κ1) is 10.3. The van der Waals surface area contributed by atoms with E-state index in [9.17, 15) is 13.2 Å². The maximum absolute atomic E-state index is 12.9. The summed E-state index contributed by atoms with van der Waals surface area (Å²) < 4.78 is 40.1. The summed E-state index contributed by atoms with van der Waals surface area (Å²) in [5.41, 5.74) is 0.0501. The van der Waals surface area contributed by atoms with Gasteiger partial charge in [0, 0.05) is 11.6 Å². The highest BCUT2D eigenvalue weighted by atomic mass is 19.3. The maximum Gasteiger partial charge on any atom is 0.388 e. The van der Waals surface area contributed by atoms with Gasteiger partial charge in [-0.3, -0.25) is 0 Å². The summed E-state index contributed by atoms with van der Waals surface area (Å²) in [6.45, 7) is -3.04. The van der Waals surface area contributed by atoms with Gasteiger partial charge >= 0.3 is 6.61 Å². The highest BCUT2D eigenvalue weighted by Gasteiger charge is 2.09. The SMILES string of the molecule is N#CCc1ccc(OC(F)F)nc1F. The second kappa shape index (κ2) is 4.46. The van der Waals surface area contributed by atoms with Crippen molar-refractivity contribution in [1.82, 2.24) is 4.98 Å². The zero-order valence-corrected chi connectivity index (χ0v) is 6.88. The van der Waals surface area contributed by atoms with Crippen LogP contribution in [0, 0.1) is 17.3 Å². The van der Waals surface area contributed by atoms with E-state index in [1.165, 1.54) is 6.07 Å². The highest BCUT2D eigenvalue weighted by Crippen LogP contribution is 2.14. The molecule has 3 nitrogen and oxygen atoms in total. The number of nitriles is 1. The van der Waals surface area contributed by atoms with Gasteiger partial charge in [-0.15, -0.1) is 0 Å². The highest BCUT2D eigenvalue weighted by molar-refractivity contribution is 5.21. The van der Waals surface area contributed by atoms with Crippen LogP contribution in [0.3, 0.4) is 0 Å². The van der Waals surface area contributed by atoms with Gasteiger partial charge in [-0.2, -0.15) is 23.4 Å². The molecule has 0 atom stereocenters. The molecule has 0 aliphatic carbocycles. The van der Waals surface area contributed by atoms with Gasteiger partial charge < -0.3 is 4.74 Å². The van der Waals surface area contributed by atoms with Gasteiger partial charge in [-0.1, -0.05) is 0 Å². The summed E-state index contributed by atoms with van der Waals surface area (Å²) in [6.07, 6.45) is -0.159. The Balaban J connectivity index is 2.84. The lowest BCUT2D eigenvalue weighted by molar-refractivity contribution is -0.0532. The third-order valence-corrected chi connectivity index (χ3v) is 1.38. The van der Waals surface area contributed by atoms with E-state index >= 15 is 0 Å². The van der Waals surface area contributed by atoms with E-state index in [0.29, 0.717) is 0 Å². The zero-order valence-electron chi connectivity index (χ0n) is 6.88. The second-order valence-corrected chi connectivity index (χ2v) is 2.31. The zero-order chi connectivity index (χ0) is 10.6. The van der Waals surface area contributed by atoms with Crippen LogP contribution in [0.5, 0.6) is 5.88 Å². The molecule has 0 unspecified atom stereocenters. The minimum absolute atomic E-state index is 0.0501. The van der Waals surface area contributed by atoms with Crippen LogP contribution in [0.15, 0.2) is 12.1 Å². The maximum atomic E-state index is 12.9. The lowest BCUT2D eigenvalue weighted by atomic mass is 10.2. The van der Waals surface area contributed by atoms with Crippen molar-refractivity contribution in [3.8, 4) is 11.9 Å². The van der Waals surface area contributed by atoms with Crippen LogP contribution in [0.2, 0.25) is 0 Å². The molecule has 0 N–H and O–H groups in total. The number of alkyl halides is 2. The molecule has 0 aliphatic heterocycles. The van der Waals surface area contributed by atoms with Crippen LogP contribution >= 0.6 is 0 Å². The first-order chi connectivity index (χ1) is 6.63. The smallest absolute Gasteiger partial charge is 0.388 e. The van der Waals surface area contributed by atoms with Gasteiger partial charge in [-0.25, -0.2) is 0 Å². The Morgan fingerprint density at radius 1 is 1.50 bits per heavy atom. The summed E-state index contributed by atoms with van der Waals surface area (Å²) in [6, 6.07) is 3.99. The molecule has 1 aromatic rings. The standard InChI is InChI=1S/C8H5F3N2O/c9-7-5(3-4-12)1-2-6(13-7)14-8(10)11/h1-2,8H,3H2. The van der Waals surface area contributed by atoms with Gasteiger partial charge in [0.05, 0.1) is 12.5 Å². The predicted molar refractivity (Wildman–Crippen MR) is 40.1 cm³/mol. The number of aromatic nitrogens is 1. The Morgan fingerprint density at radius 3 is 2.71 bits per heavy atom. The number of hydrogen-bond acceptors (Lipinski definition) is 3. The largest absolute Gasteiger partial charge is 0.417 e. The van der Waals surface area contributed by atoms with Gasteiger partial charge in [0.15, 0.2) is 0 Å². The number of nitrogens with zero attached hydrogens (tertiary/aromatic N) is 2. The van der Waals surface area contributed by atoms with Crippen LogP contribution in [0.1, 0.15) is 5.56 Å². The van der Waals surface area contributed by atoms with Crippen LogP contribution in [0.4, 0.5) is 13.2 Å². The topological polar surface area (TPSA) is 45.9 Å². The average Bonchev–Trinajstić information content (AvgIpc) is 2.09. The molecule has 74 valence electrons. The molecule has 0 saturated carbocycles. The van der Waals surface area contributed by atoms with Crippen molar-refractivity contribution in [3.63, 3.8) is 0 Å². The van der Waals surface area contributed by atoms with Crippen LogP contribution in [-0.4, -0.2) is 11.6 Å².